The van der Waals surface area contributed by atoms with Crippen LogP contribution >= 0.6 is 0 Å². The van der Waals surface area contributed by atoms with Gasteiger partial charge in [0.25, 0.3) is 15.9 Å². The quantitative estimate of drug-likeness (QED) is 0.652. The number of aromatic nitrogens is 5. The Morgan fingerprint density at radius 1 is 1.19 bits per heavy atom. The normalized spacial score (nSPS) is 11.3. The van der Waals surface area contributed by atoms with E-state index in [1.165, 1.54) is 54.6 Å². The first-order valence-corrected chi connectivity index (χ1v) is 8.92. The molecule has 0 aliphatic rings. The average molecular weight is 376 g/mol. The van der Waals surface area contributed by atoms with E-state index in [2.05, 4.69) is 20.5 Å². The first-order chi connectivity index (χ1) is 12.4. The number of nitrogens with zero attached hydrogens (tertiary/aromatic N) is 5. The van der Waals surface area contributed by atoms with Crippen LogP contribution < -0.4 is 10.1 Å². The van der Waals surface area contributed by atoms with Crippen LogP contribution in [0.3, 0.4) is 0 Å². The SMILES string of the molecule is COc1ccc(S(=O)(=O)n2ccc(C(=O)NCc3ncn(C)n3)n2)cc1. The summed E-state index contributed by atoms with van der Waals surface area (Å²) in [6, 6.07) is 7.20. The molecule has 2 heterocycles. The number of methoxy groups -OCH3 is 1. The van der Waals surface area contributed by atoms with Gasteiger partial charge < -0.3 is 10.1 Å². The zero-order valence-corrected chi connectivity index (χ0v) is 14.8. The van der Waals surface area contributed by atoms with Crippen molar-refractivity contribution >= 4 is 15.9 Å². The molecule has 0 fully saturated rings. The van der Waals surface area contributed by atoms with E-state index in [0.29, 0.717) is 11.6 Å². The van der Waals surface area contributed by atoms with Crippen molar-refractivity contribution in [2.45, 2.75) is 11.4 Å². The van der Waals surface area contributed by atoms with Crippen molar-refractivity contribution in [1.29, 1.82) is 0 Å². The number of rotatable bonds is 6. The predicted octanol–water partition coefficient (Wildman–Crippen LogP) is 0.187. The largest absolute Gasteiger partial charge is 0.497 e. The molecule has 0 saturated heterocycles. The number of hydrogen-bond acceptors (Lipinski definition) is 7. The minimum atomic E-state index is -3.90. The van der Waals surface area contributed by atoms with E-state index >= 15 is 0 Å². The molecular weight excluding hydrogens is 360 g/mol. The molecule has 3 aromatic rings. The summed E-state index contributed by atoms with van der Waals surface area (Å²) in [5.41, 5.74) is -0.0296. The summed E-state index contributed by atoms with van der Waals surface area (Å²) in [6.07, 6.45) is 2.73. The van der Waals surface area contributed by atoms with Gasteiger partial charge in [-0.25, -0.2) is 4.98 Å². The summed E-state index contributed by atoms with van der Waals surface area (Å²) in [5.74, 6) is 0.444. The van der Waals surface area contributed by atoms with E-state index in [-0.39, 0.29) is 17.1 Å². The molecule has 0 aliphatic carbocycles. The summed E-state index contributed by atoms with van der Waals surface area (Å²) < 4.78 is 32.4. The molecule has 0 atom stereocenters. The Morgan fingerprint density at radius 3 is 2.54 bits per heavy atom. The fourth-order valence-corrected chi connectivity index (χ4v) is 3.25. The predicted molar refractivity (Wildman–Crippen MR) is 90.0 cm³/mol. The van der Waals surface area contributed by atoms with Crippen LogP contribution in [0, 0.1) is 0 Å². The van der Waals surface area contributed by atoms with Crippen LogP contribution in [0.4, 0.5) is 0 Å². The van der Waals surface area contributed by atoms with Crippen LogP contribution in [0.2, 0.25) is 0 Å². The van der Waals surface area contributed by atoms with Crippen molar-refractivity contribution in [3.05, 3.63) is 54.4 Å². The van der Waals surface area contributed by atoms with E-state index in [9.17, 15) is 13.2 Å². The number of carbonyl (C=O) groups is 1. The van der Waals surface area contributed by atoms with Gasteiger partial charge in [0.2, 0.25) is 0 Å². The molecule has 26 heavy (non-hydrogen) atoms. The van der Waals surface area contributed by atoms with Crippen molar-refractivity contribution in [2.24, 2.45) is 7.05 Å². The Labute approximate surface area is 149 Å². The van der Waals surface area contributed by atoms with Gasteiger partial charge in [0.15, 0.2) is 11.5 Å². The maximum atomic E-state index is 12.6. The van der Waals surface area contributed by atoms with Gasteiger partial charge in [-0.15, -0.1) is 0 Å². The topological polar surface area (TPSA) is 121 Å². The molecule has 3 rings (SSSR count). The maximum absolute atomic E-state index is 12.6. The Kier molecular flexibility index (Phi) is 4.71. The van der Waals surface area contributed by atoms with E-state index in [1.807, 2.05) is 0 Å². The molecule has 1 amide bonds. The van der Waals surface area contributed by atoms with Crippen molar-refractivity contribution < 1.29 is 17.9 Å². The first kappa shape index (κ1) is 17.6. The van der Waals surface area contributed by atoms with Crippen LogP contribution in [0.15, 0.2) is 47.8 Å². The minimum absolute atomic E-state index is 0.0296. The number of hydrogen-bond donors (Lipinski definition) is 1. The summed E-state index contributed by atoms with van der Waals surface area (Å²) >= 11 is 0. The Balaban J connectivity index is 1.74. The highest BCUT2D eigenvalue weighted by atomic mass is 32.2. The number of benzene rings is 1. The molecule has 136 valence electrons. The molecular formula is C15H16N6O4S. The lowest BCUT2D eigenvalue weighted by Crippen LogP contribution is -2.24. The third-order valence-corrected chi connectivity index (χ3v) is 5.02. The van der Waals surface area contributed by atoms with Gasteiger partial charge in [0.05, 0.1) is 18.6 Å². The highest BCUT2D eigenvalue weighted by Crippen LogP contribution is 2.17. The Hall–Kier alpha value is -3.21. The van der Waals surface area contributed by atoms with Crippen molar-refractivity contribution in [2.75, 3.05) is 7.11 Å². The lowest BCUT2D eigenvalue weighted by atomic mass is 10.3. The van der Waals surface area contributed by atoms with E-state index in [1.54, 1.807) is 7.05 Å². The molecule has 0 unspecified atom stereocenters. The fraction of sp³-hybridized carbons (Fsp3) is 0.200. The molecule has 0 spiro atoms. The summed E-state index contributed by atoms with van der Waals surface area (Å²) in [7, 11) is -0.698. The molecule has 10 nitrogen and oxygen atoms in total. The van der Waals surface area contributed by atoms with Gasteiger partial charge in [0.1, 0.15) is 12.1 Å². The molecule has 0 bridgehead atoms. The van der Waals surface area contributed by atoms with Gasteiger partial charge in [-0.2, -0.15) is 22.7 Å². The van der Waals surface area contributed by atoms with Crippen LogP contribution in [0.1, 0.15) is 16.3 Å². The minimum Gasteiger partial charge on any atom is -0.497 e. The number of ether oxygens (including phenoxy) is 1. The number of aryl methyl sites for hydroxylation is 1. The second-order valence-corrected chi connectivity index (χ2v) is 7.07. The Morgan fingerprint density at radius 2 is 1.92 bits per heavy atom. The lowest BCUT2D eigenvalue weighted by molar-refractivity contribution is 0.0944. The standard InChI is InChI=1S/C15H16N6O4S/c1-20-10-17-14(19-20)9-16-15(22)13-7-8-21(18-13)26(23,24)12-5-3-11(25-2)4-6-12/h3-8,10H,9H2,1-2H3,(H,16,22). The smallest absolute Gasteiger partial charge is 0.282 e. The van der Waals surface area contributed by atoms with Crippen molar-refractivity contribution in [1.82, 2.24) is 29.3 Å². The molecule has 0 radical (unpaired) electrons. The summed E-state index contributed by atoms with van der Waals surface area (Å²) in [4.78, 5) is 16.1. The fourth-order valence-electron chi connectivity index (χ4n) is 2.13. The summed E-state index contributed by atoms with van der Waals surface area (Å²) in [6.45, 7) is 0.109. The molecule has 1 N–H and O–H groups in total. The summed E-state index contributed by atoms with van der Waals surface area (Å²) in [5, 5.41) is 10.5. The Bertz CT molecular complexity index is 1020. The van der Waals surface area contributed by atoms with Gasteiger partial charge in [-0.3, -0.25) is 9.48 Å². The van der Waals surface area contributed by atoms with Crippen LogP contribution in [0.5, 0.6) is 5.75 Å². The molecule has 0 saturated carbocycles. The van der Waals surface area contributed by atoms with Gasteiger partial charge in [0, 0.05) is 13.2 Å². The maximum Gasteiger partial charge on any atom is 0.282 e. The van der Waals surface area contributed by atoms with Gasteiger partial charge in [-0.05, 0) is 30.3 Å². The molecule has 1 aromatic carbocycles. The second kappa shape index (κ2) is 6.96. The zero-order valence-electron chi connectivity index (χ0n) is 14.0. The van der Waals surface area contributed by atoms with Crippen LogP contribution in [-0.4, -0.2) is 45.4 Å². The van der Waals surface area contributed by atoms with Crippen molar-refractivity contribution in [3.63, 3.8) is 0 Å². The highest BCUT2D eigenvalue weighted by Gasteiger charge is 2.20. The first-order valence-electron chi connectivity index (χ1n) is 7.48. The van der Waals surface area contributed by atoms with E-state index < -0.39 is 15.9 Å². The highest BCUT2D eigenvalue weighted by molar-refractivity contribution is 7.89. The van der Waals surface area contributed by atoms with Crippen LogP contribution in [-0.2, 0) is 23.6 Å². The van der Waals surface area contributed by atoms with Gasteiger partial charge in [-0.1, -0.05) is 0 Å². The third-order valence-electron chi connectivity index (χ3n) is 3.46. The van der Waals surface area contributed by atoms with Crippen molar-refractivity contribution in [3.8, 4) is 5.75 Å². The monoisotopic (exact) mass is 376 g/mol. The number of amides is 1. The molecule has 11 heteroatoms. The lowest BCUT2D eigenvalue weighted by Gasteiger charge is -2.05. The average Bonchev–Trinajstić information content (AvgIpc) is 3.29. The van der Waals surface area contributed by atoms with E-state index in [4.69, 9.17) is 4.74 Å². The zero-order chi connectivity index (χ0) is 18.7. The van der Waals surface area contributed by atoms with Gasteiger partial charge >= 0.3 is 0 Å². The van der Waals surface area contributed by atoms with E-state index in [0.717, 1.165) is 4.09 Å². The van der Waals surface area contributed by atoms with Crippen LogP contribution in [0.25, 0.3) is 0 Å². The third kappa shape index (κ3) is 3.57. The molecule has 2 aromatic heterocycles. The second-order valence-electron chi connectivity index (χ2n) is 5.27. The molecule has 0 aliphatic heterocycles. The number of carbonyl (C=O) groups excluding carboxylic acids is 1. The number of nitrogens with one attached hydrogen (secondary N) is 1.